The number of nitrogens with two attached hydrogens (primary N) is 1. The lowest BCUT2D eigenvalue weighted by Crippen LogP contribution is -2.46. The van der Waals surface area contributed by atoms with Gasteiger partial charge in [-0.15, -0.1) is 0 Å². The van der Waals surface area contributed by atoms with Gasteiger partial charge in [0.25, 0.3) is 0 Å². The largest absolute Gasteiger partial charge is 0.330 e. The van der Waals surface area contributed by atoms with Crippen LogP contribution in [0.2, 0.25) is 0 Å². The Labute approximate surface area is 100 Å². The molecular weight excluding hydrogens is 200 g/mol. The molecule has 1 saturated heterocycles. The van der Waals surface area contributed by atoms with Crippen molar-refractivity contribution in [1.82, 2.24) is 15.1 Å². The van der Waals surface area contributed by atoms with Crippen LogP contribution in [0.1, 0.15) is 19.3 Å². The van der Waals surface area contributed by atoms with Gasteiger partial charge in [-0.1, -0.05) is 6.42 Å². The minimum atomic E-state index is 0.835. The van der Waals surface area contributed by atoms with Gasteiger partial charge in [0.1, 0.15) is 0 Å². The average molecular weight is 228 g/mol. The normalized spacial score (nSPS) is 19.1. The second kappa shape index (κ2) is 8.93. The number of hydrogen-bond acceptors (Lipinski definition) is 4. The number of unbranched alkanes of at least 4 members (excludes halogenated alkanes) is 2. The van der Waals surface area contributed by atoms with Crippen LogP contribution in [0, 0.1) is 0 Å². The highest BCUT2D eigenvalue weighted by Crippen LogP contribution is 1.97. The van der Waals surface area contributed by atoms with Gasteiger partial charge in [0.2, 0.25) is 0 Å². The Morgan fingerprint density at radius 3 is 2.44 bits per heavy atom. The van der Waals surface area contributed by atoms with Crippen molar-refractivity contribution in [1.29, 1.82) is 0 Å². The molecule has 4 heteroatoms. The number of piperazine rings is 1. The highest BCUT2D eigenvalue weighted by atomic mass is 15.2. The topological polar surface area (TPSA) is 44.5 Å². The summed E-state index contributed by atoms with van der Waals surface area (Å²) in [7, 11) is 2.20. The summed E-state index contributed by atoms with van der Waals surface area (Å²) in [4.78, 5) is 4.95. The highest BCUT2D eigenvalue weighted by Gasteiger charge is 2.12. The Morgan fingerprint density at radius 1 is 1.00 bits per heavy atom. The maximum Gasteiger partial charge on any atom is 0.0110 e. The van der Waals surface area contributed by atoms with Crippen LogP contribution in [0.15, 0.2) is 0 Å². The average Bonchev–Trinajstić information content (AvgIpc) is 2.30. The highest BCUT2D eigenvalue weighted by molar-refractivity contribution is 4.69. The molecule has 0 spiro atoms. The van der Waals surface area contributed by atoms with Crippen LogP contribution in [0.4, 0.5) is 0 Å². The molecule has 0 saturated carbocycles. The molecule has 0 aromatic rings. The van der Waals surface area contributed by atoms with E-state index in [0.717, 1.165) is 19.6 Å². The molecule has 0 atom stereocenters. The summed E-state index contributed by atoms with van der Waals surface area (Å²) in [6, 6.07) is 0. The van der Waals surface area contributed by atoms with E-state index in [9.17, 15) is 0 Å². The lowest BCUT2D eigenvalue weighted by atomic mass is 10.2. The van der Waals surface area contributed by atoms with Gasteiger partial charge in [0.05, 0.1) is 0 Å². The third kappa shape index (κ3) is 6.43. The number of rotatable bonds is 8. The Balaban J connectivity index is 1.84. The summed E-state index contributed by atoms with van der Waals surface area (Å²) >= 11 is 0. The standard InChI is InChI=1S/C12H28N4/c1-15-9-11-16(12-10-15)8-7-14-6-4-2-3-5-13/h14H,2-13H2,1H3. The minimum Gasteiger partial charge on any atom is -0.330 e. The first-order valence-electron chi connectivity index (χ1n) is 6.64. The van der Waals surface area contributed by atoms with Crippen molar-refractivity contribution in [3.63, 3.8) is 0 Å². The zero-order valence-electron chi connectivity index (χ0n) is 10.7. The molecule has 0 aromatic carbocycles. The molecule has 3 N–H and O–H groups in total. The monoisotopic (exact) mass is 228 g/mol. The molecule has 16 heavy (non-hydrogen) atoms. The zero-order chi connectivity index (χ0) is 11.6. The molecule has 0 amide bonds. The van der Waals surface area contributed by atoms with Crippen molar-refractivity contribution < 1.29 is 0 Å². The summed E-state index contributed by atoms with van der Waals surface area (Å²) in [5.41, 5.74) is 5.45. The third-order valence-electron chi connectivity index (χ3n) is 3.26. The van der Waals surface area contributed by atoms with Gasteiger partial charge >= 0.3 is 0 Å². The first-order valence-corrected chi connectivity index (χ1v) is 6.64. The van der Waals surface area contributed by atoms with E-state index in [1.54, 1.807) is 0 Å². The van der Waals surface area contributed by atoms with E-state index in [1.807, 2.05) is 0 Å². The van der Waals surface area contributed by atoms with Gasteiger partial charge in [0, 0.05) is 39.3 Å². The summed E-state index contributed by atoms with van der Waals surface area (Å²) in [6.45, 7) is 9.20. The van der Waals surface area contributed by atoms with Crippen molar-refractivity contribution in [2.24, 2.45) is 5.73 Å². The Morgan fingerprint density at radius 2 is 1.75 bits per heavy atom. The van der Waals surface area contributed by atoms with Crippen molar-refractivity contribution in [2.75, 3.05) is 59.4 Å². The molecule has 0 radical (unpaired) electrons. The van der Waals surface area contributed by atoms with E-state index < -0.39 is 0 Å². The predicted molar refractivity (Wildman–Crippen MR) is 69.7 cm³/mol. The number of nitrogens with one attached hydrogen (secondary N) is 1. The fourth-order valence-electron chi connectivity index (χ4n) is 2.00. The second-order valence-corrected chi connectivity index (χ2v) is 4.74. The lowest BCUT2D eigenvalue weighted by molar-refractivity contribution is 0.155. The van der Waals surface area contributed by atoms with Crippen LogP contribution >= 0.6 is 0 Å². The molecule has 0 aliphatic carbocycles. The van der Waals surface area contributed by atoms with Crippen LogP contribution in [0.3, 0.4) is 0 Å². The Hall–Kier alpha value is -0.160. The molecule has 96 valence electrons. The fourth-order valence-corrected chi connectivity index (χ4v) is 2.00. The molecule has 1 fully saturated rings. The number of nitrogens with zero attached hydrogens (tertiary/aromatic N) is 2. The van der Waals surface area contributed by atoms with Gasteiger partial charge < -0.3 is 16.0 Å². The van der Waals surface area contributed by atoms with Gasteiger partial charge in [-0.3, -0.25) is 4.90 Å². The molecule has 1 heterocycles. The zero-order valence-corrected chi connectivity index (χ0v) is 10.7. The minimum absolute atomic E-state index is 0.835. The third-order valence-corrected chi connectivity index (χ3v) is 3.26. The molecular formula is C12H28N4. The SMILES string of the molecule is CN1CCN(CCNCCCCCN)CC1. The molecule has 1 rings (SSSR count). The van der Waals surface area contributed by atoms with Crippen molar-refractivity contribution in [2.45, 2.75) is 19.3 Å². The van der Waals surface area contributed by atoms with Crippen LogP contribution in [0.25, 0.3) is 0 Å². The summed E-state index contributed by atoms with van der Waals surface area (Å²) in [5, 5.41) is 3.51. The molecule has 0 bridgehead atoms. The quantitative estimate of drug-likeness (QED) is 0.572. The van der Waals surface area contributed by atoms with Gasteiger partial charge in [0.15, 0.2) is 0 Å². The molecule has 4 nitrogen and oxygen atoms in total. The Bertz CT molecular complexity index is 155. The first-order chi connectivity index (χ1) is 7.83. The van der Waals surface area contributed by atoms with E-state index >= 15 is 0 Å². The summed E-state index contributed by atoms with van der Waals surface area (Å²) in [5.74, 6) is 0. The lowest BCUT2D eigenvalue weighted by Gasteiger charge is -2.32. The van der Waals surface area contributed by atoms with Crippen molar-refractivity contribution >= 4 is 0 Å². The summed E-state index contributed by atoms with van der Waals surface area (Å²) < 4.78 is 0. The van der Waals surface area contributed by atoms with Gasteiger partial charge in [-0.25, -0.2) is 0 Å². The smallest absolute Gasteiger partial charge is 0.0110 e. The fraction of sp³-hybridized carbons (Fsp3) is 1.00. The Kier molecular flexibility index (Phi) is 7.76. The van der Waals surface area contributed by atoms with Gasteiger partial charge in [-0.2, -0.15) is 0 Å². The molecule has 1 aliphatic heterocycles. The van der Waals surface area contributed by atoms with Crippen LogP contribution in [0.5, 0.6) is 0 Å². The maximum absolute atomic E-state index is 5.45. The van der Waals surface area contributed by atoms with E-state index in [1.165, 1.54) is 52.0 Å². The number of hydrogen-bond donors (Lipinski definition) is 2. The van der Waals surface area contributed by atoms with E-state index in [4.69, 9.17) is 5.73 Å². The molecule has 1 aliphatic rings. The number of likely N-dealkylation sites (N-methyl/N-ethyl adjacent to an activating group) is 1. The first kappa shape index (κ1) is 13.9. The van der Waals surface area contributed by atoms with Gasteiger partial charge in [-0.05, 0) is 33.0 Å². The maximum atomic E-state index is 5.45. The molecule has 0 aromatic heterocycles. The van der Waals surface area contributed by atoms with E-state index in [-0.39, 0.29) is 0 Å². The van der Waals surface area contributed by atoms with E-state index in [2.05, 4.69) is 22.2 Å². The van der Waals surface area contributed by atoms with Crippen LogP contribution in [-0.2, 0) is 0 Å². The second-order valence-electron chi connectivity index (χ2n) is 4.74. The van der Waals surface area contributed by atoms with Crippen LogP contribution in [-0.4, -0.2) is 69.2 Å². The van der Waals surface area contributed by atoms with Crippen molar-refractivity contribution in [3.05, 3.63) is 0 Å². The summed E-state index contributed by atoms with van der Waals surface area (Å²) in [6.07, 6.45) is 3.69. The van der Waals surface area contributed by atoms with Crippen LogP contribution < -0.4 is 11.1 Å². The predicted octanol–water partition coefficient (Wildman–Crippen LogP) is -0.0476. The molecule has 0 unspecified atom stereocenters. The van der Waals surface area contributed by atoms with Crippen molar-refractivity contribution in [3.8, 4) is 0 Å². The van der Waals surface area contributed by atoms with E-state index in [0.29, 0.717) is 0 Å².